The number of benzene rings is 1. The third-order valence-electron chi connectivity index (χ3n) is 2.75. The SMILES string of the molecule is CC(C)CNCc1ncnn1Cc1cccc(F)c1. The van der Waals surface area contributed by atoms with Crippen LogP contribution >= 0.6 is 0 Å². The summed E-state index contributed by atoms with van der Waals surface area (Å²) >= 11 is 0. The standard InChI is InChI=1S/C14H19FN4/c1-11(2)7-16-8-14-17-10-18-19(14)9-12-4-3-5-13(15)6-12/h3-6,10-11,16H,7-9H2,1-2H3. The van der Waals surface area contributed by atoms with Gasteiger partial charge in [-0.3, -0.25) is 0 Å². The third-order valence-corrected chi connectivity index (χ3v) is 2.75. The molecule has 0 fully saturated rings. The van der Waals surface area contributed by atoms with E-state index in [1.165, 1.54) is 18.5 Å². The number of halogens is 1. The summed E-state index contributed by atoms with van der Waals surface area (Å²) in [5.41, 5.74) is 0.885. The zero-order valence-corrected chi connectivity index (χ0v) is 11.3. The number of nitrogens with zero attached hydrogens (tertiary/aromatic N) is 3. The molecule has 1 N–H and O–H groups in total. The van der Waals surface area contributed by atoms with Crippen molar-refractivity contribution in [2.75, 3.05) is 6.54 Å². The lowest BCUT2D eigenvalue weighted by atomic mass is 10.2. The predicted octanol–water partition coefficient (Wildman–Crippen LogP) is 2.21. The highest BCUT2D eigenvalue weighted by molar-refractivity contribution is 5.16. The van der Waals surface area contributed by atoms with Crippen molar-refractivity contribution in [1.82, 2.24) is 20.1 Å². The second-order valence-corrected chi connectivity index (χ2v) is 4.99. The Labute approximate surface area is 112 Å². The van der Waals surface area contributed by atoms with Gasteiger partial charge in [-0.05, 0) is 30.2 Å². The smallest absolute Gasteiger partial charge is 0.141 e. The maximum atomic E-state index is 13.1. The summed E-state index contributed by atoms with van der Waals surface area (Å²) < 4.78 is 14.9. The van der Waals surface area contributed by atoms with Crippen LogP contribution in [-0.2, 0) is 13.1 Å². The lowest BCUT2D eigenvalue weighted by molar-refractivity contribution is 0.523. The first-order valence-corrected chi connectivity index (χ1v) is 6.47. The molecule has 2 aromatic rings. The Balaban J connectivity index is 1.99. The quantitative estimate of drug-likeness (QED) is 0.868. The summed E-state index contributed by atoms with van der Waals surface area (Å²) in [6.07, 6.45) is 1.53. The van der Waals surface area contributed by atoms with Crippen LogP contribution in [0.5, 0.6) is 0 Å². The van der Waals surface area contributed by atoms with Gasteiger partial charge in [0.2, 0.25) is 0 Å². The highest BCUT2D eigenvalue weighted by atomic mass is 19.1. The maximum absolute atomic E-state index is 13.1. The fourth-order valence-corrected chi connectivity index (χ4v) is 1.84. The summed E-state index contributed by atoms with van der Waals surface area (Å²) in [6, 6.07) is 6.55. The molecule has 0 atom stereocenters. The van der Waals surface area contributed by atoms with E-state index in [4.69, 9.17) is 0 Å². The Morgan fingerprint density at radius 3 is 2.95 bits per heavy atom. The molecule has 5 heteroatoms. The van der Waals surface area contributed by atoms with E-state index in [1.807, 2.05) is 6.07 Å². The van der Waals surface area contributed by atoms with Gasteiger partial charge in [0.25, 0.3) is 0 Å². The van der Waals surface area contributed by atoms with Gasteiger partial charge in [-0.2, -0.15) is 5.10 Å². The molecule has 0 unspecified atom stereocenters. The molecule has 0 bridgehead atoms. The van der Waals surface area contributed by atoms with Gasteiger partial charge < -0.3 is 5.32 Å². The van der Waals surface area contributed by atoms with Crippen molar-refractivity contribution in [2.24, 2.45) is 5.92 Å². The van der Waals surface area contributed by atoms with E-state index in [1.54, 1.807) is 10.7 Å². The molecular weight excluding hydrogens is 243 g/mol. The van der Waals surface area contributed by atoms with Crippen LogP contribution in [0.25, 0.3) is 0 Å². The Morgan fingerprint density at radius 2 is 2.21 bits per heavy atom. The monoisotopic (exact) mass is 262 g/mol. The van der Waals surface area contributed by atoms with E-state index in [9.17, 15) is 4.39 Å². The number of rotatable bonds is 6. The largest absolute Gasteiger partial charge is 0.310 e. The van der Waals surface area contributed by atoms with Crippen molar-refractivity contribution in [3.63, 3.8) is 0 Å². The molecule has 0 radical (unpaired) electrons. The van der Waals surface area contributed by atoms with Crippen LogP contribution in [0, 0.1) is 11.7 Å². The second-order valence-electron chi connectivity index (χ2n) is 4.99. The lowest BCUT2D eigenvalue weighted by Gasteiger charge is -2.09. The van der Waals surface area contributed by atoms with Crippen molar-refractivity contribution in [2.45, 2.75) is 26.9 Å². The third kappa shape index (κ3) is 4.13. The van der Waals surface area contributed by atoms with Crippen molar-refractivity contribution in [3.05, 3.63) is 47.8 Å². The minimum absolute atomic E-state index is 0.225. The Hall–Kier alpha value is -1.75. The van der Waals surface area contributed by atoms with Gasteiger partial charge >= 0.3 is 0 Å². The van der Waals surface area contributed by atoms with Crippen molar-refractivity contribution in [3.8, 4) is 0 Å². The number of aromatic nitrogens is 3. The van der Waals surface area contributed by atoms with Crippen LogP contribution < -0.4 is 5.32 Å². The fraction of sp³-hybridized carbons (Fsp3) is 0.429. The van der Waals surface area contributed by atoms with Gasteiger partial charge in [-0.1, -0.05) is 26.0 Å². The molecule has 0 spiro atoms. The molecule has 0 aliphatic rings. The van der Waals surface area contributed by atoms with E-state index >= 15 is 0 Å². The molecule has 1 aromatic carbocycles. The molecule has 1 aromatic heterocycles. The predicted molar refractivity (Wildman–Crippen MR) is 72.1 cm³/mol. The van der Waals surface area contributed by atoms with E-state index in [2.05, 4.69) is 29.2 Å². The summed E-state index contributed by atoms with van der Waals surface area (Å²) in [6.45, 7) is 6.46. The molecule has 0 aliphatic heterocycles. The topological polar surface area (TPSA) is 42.7 Å². The molecule has 4 nitrogen and oxygen atoms in total. The first-order chi connectivity index (χ1) is 9.15. The van der Waals surface area contributed by atoms with E-state index in [0.29, 0.717) is 19.0 Å². The minimum Gasteiger partial charge on any atom is -0.310 e. The van der Waals surface area contributed by atoms with Gasteiger partial charge in [-0.15, -0.1) is 0 Å². The number of hydrogen-bond acceptors (Lipinski definition) is 3. The molecule has 19 heavy (non-hydrogen) atoms. The van der Waals surface area contributed by atoms with Crippen LogP contribution in [0.4, 0.5) is 4.39 Å². The Bertz CT molecular complexity index is 522. The molecule has 1 heterocycles. The van der Waals surface area contributed by atoms with Crippen LogP contribution in [0.1, 0.15) is 25.2 Å². The minimum atomic E-state index is -0.225. The van der Waals surface area contributed by atoms with Crippen molar-refractivity contribution < 1.29 is 4.39 Å². The van der Waals surface area contributed by atoms with Crippen molar-refractivity contribution >= 4 is 0 Å². The van der Waals surface area contributed by atoms with E-state index < -0.39 is 0 Å². The lowest BCUT2D eigenvalue weighted by Crippen LogP contribution is -2.22. The molecule has 0 aliphatic carbocycles. The van der Waals surface area contributed by atoms with Gasteiger partial charge in [0.1, 0.15) is 18.0 Å². The summed E-state index contributed by atoms with van der Waals surface area (Å²) in [7, 11) is 0. The zero-order chi connectivity index (χ0) is 13.7. The normalized spacial score (nSPS) is 11.2. The number of hydrogen-bond donors (Lipinski definition) is 1. The van der Waals surface area contributed by atoms with E-state index in [0.717, 1.165) is 17.9 Å². The fourth-order valence-electron chi connectivity index (χ4n) is 1.84. The summed E-state index contributed by atoms with van der Waals surface area (Å²) in [5.74, 6) is 1.24. The molecule has 0 saturated carbocycles. The van der Waals surface area contributed by atoms with Gasteiger partial charge in [0.05, 0.1) is 13.1 Å². The van der Waals surface area contributed by atoms with Gasteiger partial charge in [0.15, 0.2) is 0 Å². The van der Waals surface area contributed by atoms with Crippen LogP contribution in [0.15, 0.2) is 30.6 Å². The van der Waals surface area contributed by atoms with Crippen molar-refractivity contribution in [1.29, 1.82) is 0 Å². The van der Waals surface area contributed by atoms with Gasteiger partial charge in [-0.25, -0.2) is 14.1 Å². The average Bonchev–Trinajstić information content (AvgIpc) is 2.76. The Kier molecular flexibility index (Phi) is 4.63. The van der Waals surface area contributed by atoms with Crippen LogP contribution in [0.3, 0.4) is 0 Å². The average molecular weight is 262 g/mol. The highest BCUT2D eigenvalue weighted by Crippen LogP contribution is 2.06. The first-order valence-electron chi connectivity index (χ1n) is 6.47. The Morgan fingerprint density at radius 1 is 1.37 bits per heavy atom. The first kappa shape index (κ1) is 13.7. The van der Waals surface area contributed by atoms with Crippen LogP contribution in [-0.4, -0.2) is 21.3 Å². The second kappa shape index (κ2) is 6.43. The molecular formula is C14H19FN4. The summed E-state index contributed by atoms with van der Waals surface area (Å²) in [4.78, 5) is 4.23. The molecule has 2 rings (SSSR count). The maximum Gasteiger partial charge on any atom is 0.141 e. The molecule has 0 amide bonds. The molecule has 0 saturated heterocycles. The summed E-state index contributed by atoms with van der Waals surface area (Å²) in [5, 5.41) is 7.51. The molecule has 102 valence electrons. The highest BCUT2D eigenvalue weighted by Gasteiger charge is 2.05. The van der Waals surface area contributed by atoms with E-state index in [-0.39, 0.29) is 5.82 Å². The van der Waals surface area contributed by atoms with Crippen LogP contribution in [0.2, 0.25) is 0 Å². The van der Waals surface area contributed by atoms with Gasteiger partial charge in [0, 0.05) is 0 Å². The zero-order valence-electron chi connectivity index (χ0n) is 11.3. The number of nitrogens with one attached hydrogen (secondary N) is 1.